The van der Waals surface area contributed by atoms with Gasteiger partial charge >= 0.3 is 0 Å². The molecule has 0 saturated heterocycles. The third kappa shape index (κ3) is 3.68. The van der Waals surface area contributed by atoms with E-state index in [0.29, 0.717) is 17.7 Å². The molecule has 0 aliphatic carbocycles. The maximum atomic E-state index is 13.7. The molecule has 18 heavy (non-hydrogen) atoms. The van der Waals surface area contributed by atoms with Gasteiger partial charge in [-0.1, -0.05) is 24.2 Å². The van der Waals surface area contributed by atoms with E-state index in [-0.39, 0.29) is 18.5 Å². The van der Waals surface area contributed by atoms with Crippen LogP contribution in [0.4, 0.5) is 4.39 Å². The number of amidine groups is 1. The summed E-state index contributed by atoms with van der Waals surface area (Å²) in [6.45, 7) is 2.27. The summed E-state index contributed by atoms with van der Waals surface area (Å²) in [5, 5.41) is 23.3. The fourth-order valence-corrected chi connectivity index (χ4v) is 1.50. The minimum Gasteiger partial charge on any atom is -0.409 e. The predicted octanol–water partition coefficient (Wildman–Crippen LogP) is 0.781. The van der Waals surface area contributed by atoms with Gasteiger partial charge in [0.25, 0.3) is 0 Å². The first kappa shape index (κ1) is 14.4. The van der Waals surface area contributed by atoms with E-state index in [1.165, 1.54) is 6.07 Å². The van der Waals surface area contributed by atoms with E-state index in [0.717, 1.165) is 6.42 Å². The van der Waals surface area contributed by atoms with E-state index in [4.69, 9.17) is 16.0 Å². The molecule has 100 valence electrons. The fraction of sp³-hybridized carbons (Fsp3) is 0.417. The van der Waals surface area contributed by atoms with Crippen LogP contribution >= 0.6 is 0 Å². The summed E-state index contributed by atoms with van der Waals surface area (Å²) in [5.74, 6) is -0.561. The number of nitrogens with one attached hydrogen (secondary N) is 1. The van der Waals surface area contributed by atoms with Crippen LogP contribution in [0.3, 0.4) is 0 Å². The lowest BCUT2D eigenvalue weighted by Gasteiger charge is -2.14. The maximum Gasteiger partial charge on any atom is 0.170 e. The van der Waals surface area contributed by atoms with E-state index in [1.807, 2.05) is 6.92 Å². The van der Waals surface area contributed by atoms with Gasteiger partial charge in [0.05, 0.1) is 6.61 Å². The van der Waals surface area contributed by atoms with Crippen molar-refractivity contribution in [3.8, 4) is 0 Å². The third-order valence-electron chi connectivity index (χ3n) is 2.75. The summed E-state index contributed by atoms with van der Waals surface area (Å²) in [6, 6.07) is 4.31. The summed E-state index contributed by atoms with van der Waals surface area (Å²) < 4.78 is 13.7. The molecule has 5 nitrogen and oxygen atoms in total. The number of oxime groups is 1. The molecule has 0 spiro atoms. The Morgan fingerprint density at radius 2 is 2.28 bits per heavy atom. The molecule has 0 amide bonds. The van der Waals surface area contributed by atoms with Gasteiger partial charge in [0, 0.05) is 23.7 Å². The molecule has 1 rings (SSSR count). The van der Waals surface area contributed by atoms with Crippen molar-refractivity contribution in [1.82, 2.24) is 5.32 Å². The van der Waals surface area contributed by atoms with Gasteiger partial charge in [0.15, 0.2) is 5.84 Å². The molecule has 1 aromatic rings. The molecule has 0 aliphatic rings. The Bertz CT molecular complexity index is 420. The van der Waals surface area contributed by atoms with E-state index in [1.54, 1.807) is 12.1 Å². The molecular formula is C12H18FN3O2. The van der Waals surface area contributed by atoms with Crippen molar-refractivity contribution in [1.29, 1.82) is 0 Å². The fourth-order valence-electron chi connectivity index (χ4n) is 1.50. The second kappa shape index (κ2) is 6.93. The van der Waals surface area contributed by atoms with Gasteiger partial charge in [-0.3, -0.25) is 0 Å². The molecule has 0 saturated carbocycles. The highest BCUT2D eigenvalue weighted by Crippen LogP contribution is 2.10. The normalized spacial score (nSPS) is 13.6. The van der Waals surface area contributed by atoms with Gasteiger partial charge in [-0.2, -0.15) is 0 Å². The Kier molecular flexibility index (Phi) is 5.54. The average molecular weight is 255 g/mol. The maximum absolute atomic E-state index is 13.7. The average Bonchev–Trinajstić information content (AvgIpc) is 2.40. The standard InChI is InChI=1S/C12H18FN3O2/c1-2-10(7-17)15-6-9-4-3-8(5-11(9)13)12(14)16-18/h3-5,10,15,17-18H,2,6-7H2,1H3,(H2,14,16). The lowest BCUT2D eigenvalue weighted by molar-refractivity contribution is 0.238. The molecule has 0 aliphatic heterocycles. The molecule has 1 aromatic carbocycles. The molecule has 5 N–H and O–H groups in total. The van der Waals surface area contributed by atoms with E-state index in [2.05, 4.69) is 10.5 Å². The van der Waals surface area contributed by atoms with Crippen LogP contribution in [0.25, 0.3) is 0 Å². The number of rotatable bonds is 6. The van der Waals surface area contributed by atoms with Crippen molar-refractivity contribution in [3.05, 3.63) is 35.1 Å². The van der Waals surface area contributed by atoms with Gasteiger partial charge in [-0.25, -0.2) is 4.39 Å². The number of aliphatic hydroxyl groups excluding tert-OH is 1. The first-order chi connectivity index (χ1) is 8.62. The molecule has 0 bridgehead atoms. The molecule has 6 heteroatoms. The van der Waals surface area contributed by atoms with E-state index < -0.39 is 5.82 Å². The summed E-state index contributed by atoms with van der Waals surface area (Å²) in [5.41, 5.74) is 6.16. The lowest BCUT2D eigenvalue weighted by Crippen LogP contribution is -2.31. The lowest BCUT2D eigenvalue weighted by atomic mass is 10.1. The Labute approximate surface area is 105 Å². The summed E-state index contributed by atoms with van der Waals surface area (Å²) in [4.78, 5) is 0. The summed E-state index contributed by atoms with van der Waals surface area (Å²) >= 11 is 0. The third-order valence-corrected chi connectivity index (χ3v) is 2.75. The van der Waals surface area contributed by atoms with Crippen molar-refractivity contribution in [2.45, 2.75) is 25.9 Å². The largest absolute Gasteiger partial charge is 0.409 e. The minimum atomic E-state index is -0.431. The van der Waals surface area contributed by atoms with Gasteiger partial charge in [-0.05, 0) is 12.5 Å². The SMILES string of the molecule is CCC(CO)NCc1ccc(C(N)=NO)cc1F. The van der Waals surface area contributed by atoms with Crippen LogP contribution < -0.4 is 11.1 Å². The Morgan fingerprint density at radius 1 is 1.56 bits per heavy atom. The number of hydrogen-bond donors (Lipinski definition) is 4. The Morgan fingerprint density at radius 3 is 2.78 bits per heavy atom. The van der Waals surface area contributed by atoms with Crippen molar-refractivity contribution < 1.29 is 14.7 Å². The highest BCUT2D eigenvalue weighted by atomic mass is 19.1. The van der Waals surface area contributed by atoms with Crippen molar-refractivity contribution >= 4 is 5.84 Å². The zero-order chi connectivity index (χ0) is 13.5. The molecular weight excluding hydrogens is 237 g/mol. The van der Waals surface area contributed by atoms with Gasteiger partial charge in [-0.15, -0.1) is 0 Å². The quantitative estimate of drug-likeness (QED) is 0.262. The number of nitrogens with zero attached hydrogens (tertiary/aromatic N) is 1. The molecule has 0 fully saturated rings. The number of benzene rings is 1. The zero-order valence-electron chi connectivity index (χ0n) is 10.2. The number of hydrogen-bond acceptors (Lipinski definition) is 4. The molecule has 0 aromatic heterocycles. The van der Waals surface area contributed by atoms with Crippen molar-refractivity contribution in [3.63, 3.8) is 0 Å². The molecule has 1 atom stereocenters. The van der Waals surface area contributed by atoms with Crippen LogP contribution in [0, 0.1) is 5.82 Å². The summed E-state index contributed by atoms with van der Waals surface area (Å²) in [6.07, 6.45) is 0.764. The number of aliphatic hydroxyl groups is 1. The van der Waals surface area contributed by atoms with E-state index >= 15 is 0 Å². The first-order valence-corrected chi connectivity index (χ1v) is 5.72. The minimum absolute atomic E-state index is 0.0142. The second-order valence-electron chi connectivity index (χ2n) is 3.96. The van der Waals surface area contributed by atoms with Gasteiger partial charge < -0.3 is 21.4 Å². The Hall–Kier alpha value is -1.66. The molecule has 1 unspecified atom stereocenters. The molecule has 0 radical (unpaired) electrons. The zero-order valence-corrected chi connectivity index (χ0v) is 10.2. The van der Waals surface area contributed by atoms with Crippen LogP contribution in [0.15, 0.2) is 23.4 Å². The topological polar surface area (TPSA) is 90.9 Å². The van der Waals surface area contributed by atoms with Crippen LogP contribution in [-0.2, 0) is 6.54 Å². The van der Waals surface area contributed by atoms with Crippen molar-refractivity contribution in [2.75, 3.05) is 6.61 Å². The van der Waals surface area contributed by atoms with Crippen LogP contribution in [0.2, 0.25) is 0 Å². The monoisotopic (exact) mass is 255 g/mol. The van der Waals surface area contributed by atoms with E-state index in [9.17, 15) is 4.39 Å². The van der Waals surface area contributed by atoms with Crippen LogP contribution in [0.1, 0.15) is 24.5 Å². The van der Waals surface area contributed by atoms with Crippen LogP contribution in [-0.4, -0.2) is 28.8 Å². The van der Waals surface area contributed by atoms with Crippen molar-refractivity contribution in [2.24, 2.45) is 10.9 Å². The number of halogens is 1. The molecule has 0 heterocycles. The predicted molar refractivity (Wildman–Crippen MR) is 66.9 cm³/mol. The Balaban J connectivity index is 2.74. The highest BCUT2D eigenvalue weighted by Gasteiger charge is 2.08. The second-order valence-corrected chi connectivity index (χ2v) is 3.96. The highest BCUT2D eigenvalue weighted by molar-refractivity contribution is 5.97. The number of nitrogens with two attached hydrogens (primary N) is 1. The van der Waals surface area contributed by atoms with Gasteiger partial charge in [0.2, 0.25) is 0 Å². The van der Waals surface area contributed by atoms with Crippen LogP contribution in [0.5, 0.6) is 0 Å². The smallest absolute Gasteiger partial charge is 0.170 e. The summed E-state index contributed by atoms with van der Waals surface area (Å²) in [7, 11) is 0. The van der Waals surface area contributed by atoms with Gasteiger partial charge in [0.1, 0.15) is 5.82 Å². The first-order valence-electron chi connectivity index (χ1n) is 5.72.